The van der Waals surface area contributed by atoms with Crippen molar-refractivity contribution in [2.45, 2.75) is 224 Å². The number of carbonyl (C=O) groups is 3. The molecule has 786 valence electrons. The molecule has 6 heterocycles. The number of anilines is 8. The number of hydrogen-bond donors (Lipinski definition) is 13. The van der Waals surface area contributed by atoms with Gasteiger partial charge in [-0.25, -0.2) is 24.7 Å². The quantitative estimate of drug-likeness (QED) is 0.00730. The lowest BCUT2D eigenvalue weighted by Gasteiger charge is -2.34. The molecular formula is C96H118F9N25O16. The summed E-state index contributed by atoms with van der Waals surface area (Å²) in [5.41, 5.74) is 8.70. The first kappa shape index (κ1) is 110. The molecule has 0 spiro atoms. The molecule has 5 aromatic carbocycles. The van der Waals surface area contributed by atoms with Crippen LogP contribution in [0.2, 0.25) is 0 Å². The Kier molecular flexibility index (Phi) is 40.7. The predicted molar refractivity (Wildman–Crippen MR) is 522 cm³/mol. The molecule has 2 saturated heterocycles. The lowest BCUT2D eigenvalue weighted by Crippen LogP contribution is -2.39. The van der Waals surface area contributed by atoms with Gasteiger partial charge in [-0.15, -0.1) is 39.5 Å². The maximum absolute atomic E-state index is 12.7. The van der Waals surface area contributed by atoms with E-state index < -0.39 is 50.7 Å². The summed E-state index contributed by atoms with van der Waals surface area (Å²) in [6, 6.07) is 33.2. The molecule has 4 aromatic heterocycles. The van der Waals surface area contributed by atoms with Gasteiger partial charge >= 0.3 is 53.8 Å². The number of para-hydroxylation sites is 3. The van der Waals surface area contributed by atoms with Gasteiger partial charge in [-0.2, -0.15) is 19.9 Å². The number of halogens is 9. The molecule has 41 nitrogen and oxygen atoms in total. The minimum absolute atomic E-state index is 0.0178. The first-order valence-corrected chi connectivity index (χ1v) is 48.3. The minimum Gasteiger partial charge on any atom is -0.481 e. The Balaban J connectivity index is 0.000000174. The summed E-state index contributed by atoms with van der Waals surface area (Å²) in [4.78, 5) is 115. The zero-order valence-electron chi connectivity index (χ0n) is 79.8. The number of alkyl halides is 9. The molecule has 50 heteroatoms. The summed E-state index contributed by atoms with van der Waals surface area (Å²) >= 11 is 0. The fourth-order valence-corrected chi connectivity index (χ4v) is 18.3. The Labute approximate surface area is 833 Å². The van der Waals surface area contributed by atoms with Crippen molar-refractivity contribution in [1.29, 1.82) is 0 Å². The Morgan fingerprint density at radius 2 is 0.767 bits per heavy atom. The third-order valence-electron chi connectivity index (χ3n) is 26.0. The number of likely N-dealkylation sites (tertiary alicyclic amines) is 2. The van der Waals surface area contributed by atoms with Crippen molar-refractivity contribution in [3.8, 4) is 17.2 Å². The van der Waals surface area contributed by atoms with Gasteiger partial charge in [0.25, 0.3) is 0 Å². The van der Waals surface area contributed by atoms with E-state index in [1.165, 1.54) is 99.6 Å². The number of aliphatic carboxylic acids is 1. The van der Waals surface area contributed by atoms with Crippen LogP contribution in [-0.2, 0) is 48.9 Å². The number of nitrogens with one attached hydrogen (secondary N) is 10. The van der Waals surface area contributed by atoms with Crippen LogP contribution >= 0.6 is 0 Å². The number of carbonyl (C=O) groups excluding carboxylic acids is 1. The fraction of sp³-hybridized carbons (Fsp3) is 0.490. The van der Waals surface area contributed by atoms with E-state index in [4.69, 9.17) is 15.9 Å². The maximum Gasteiger partial charge on any atom is 0.573 e. The zero-order valence-corrected chi connectivity index (χ0v) is 79.8. The van der Waals surface area contributed by atoms with Crippen LogP contribution in [0.3, 0.4) is 0 Å². The molecule has 0 unspecified atom stereocenters. The standard InChI is InChI=1S/C27H29F3N6O5.C23H29F3N6O5.C23H27F3N6O4.C23H33N7O2/c28-27(29,30)41-23-4-2-1-3-20(23)15-33-26-34-16-22(36(39)40)24(35-26)32-14-18-7-11-21(12-8-18)31-13-17-5-9-19(10-6-17)25(37)38;24-23(25,26)37-19-5-2-1-4-16(19)13-29-22-30-14-18(32(35)36)21(31-22)28-12-15-7-9-17(10-8-15)27-11-3-6-20(33)34;24-23(25,26)36-19-5-2-1-4-16(19)13-28-22-29-14-18(32(34)35)21(30-22)27-12-15-7-9-17(10-8-15)31-11-3-6-20(31)33;24-13-18-4-3-5-19(12-18)15-26-23-27-16-21(30(31)32)22(28-23)25-14-17-6-8-20(9-7-17)29-10-1-2-11-29/h1-6,9-10,16,18,21,31H,7-8,11-15H2,(H,37,38)(H2,32,33,34,35);1-2,4-5,14-15,17,27H,3,6-13H2,(H,33,34)(H2,28,29,30,31);1-2,4-5,14-15,17H,3,6-13H2,(H2,27,28,29,30);3-5,12,16-17,20H,1-2,6-11,13-15,24H2,(H2,25,26,27,28). The van der Waals surface area contributed by atoms with Crippen LogP contribution in [-0.4, -0.2) is 193 Å². The normalized spacial score (nSPS) is 19.0. The van der Waals surface area contributed by atoms with Crippen molar-refractivity contribution >= 4 is 87.7 Å². The van der Waals surface area contributed by atoms with E-state index in [1.54, 1.807) is 42.5 Å². The fourth-order valence-electron chi connectivity index (χ4n) is 18.3. The zero-order chi connectivity index (χ0) is 104. The second-order valence-corrected chi connectivity index (χ2v) is 36.2. The van der Waals surface area contributed by atoms with E-state index in [1.807, 2.05) is 29.2 Å². The molecule has 0 radical (unpaired) electrons. The minimum atomic E-state index is -4.85. The molecule has 2 aliphatic heterocycles. The largest absolute Gasteiger partial charge is 0.573 e. The molecule has 146 heavy (non-hydrogen) atoms. The van der Waals surface area contributed by atoms with E-state index in [2.05, 4.69) is 112 Å². The number of aromatic carboxylic acids is 1. The van der Waals surface area contributed by atoms with E-state index >= 15 is 0 Å². The molecule has 1 amide bonds. The van der Waals surface area contributed by atoms with Crippen LogP contribution in [0, 0.1) is 64.1 Å². The number of hydrogen-bond acceptors (Lipinski definition) is 34. The smallest absolute Gasteiger partial charge is 0.481 e. The highest BCUT2D eigenvalue weighted by Crippen LogP contribution is 2.38. The topological polar surface area (TPSA) is 548 Å². The highest BCUT2D eigenvalue weighted by atomic mass is 19.4. The van der Waals surface area contributed by atoms with Gasteiger partial charge in [0.05, 0.1) is 25.3 Å². The van der Waals surface area contributed by atoms with Crippen LogP contribution in [0.4, 0.5) is 109 Å². The molecule has 6 fully saturated rings. The molecule has 0 bridgehead atoms. The number of rotatable bonds is 43. The number of nitro groups is 4. The van der Waals surface area contributed by atoms with Crippen LogP contribution in [0.15, 0.2) is 146 Å². The van der Waals surface area contributed by atoms with Gasteiger partial charge in [0.1, 0.15) is 42.0 Å². The first-order valence-electron chi connectivity index (χ1n) is 48.3. The third kappa shape index (κ3) is 35.7. The first-order chi connectivity index (χ1) is 70.0. The van der Waals surface area contributed by atoms with E-state index in [0.717, 1.165) is 144 Å². The van der Waals surface area contributed by atoms with Gasteiger partial charge in [0.2, 0.25) is 53.0 Å². The number of nitrogens with zero attached hydrogens (tertiary/aromatic N) is 14. The van der Waals surface area contributed by atoms with E-state index in [-0.39, 0.29) is 159 Å². The van der Waals surface area contributed by atoms with Crippen molar-refractivity contribution < 1.29 is 98.0 Å². The summed E-state index contributed by atoms with van der Waals surface area (Å²) in [6.07, 6.45) is 10.3. The molecule has 4 aliphatic carbocycles. The van der Waals surface area contributed by atoms with Gasteiger partial charge in [0.15, 0.2) is 0 Å². The second-order valence-electron chi connectivity index (χ2n) is 36.2. The van der Waals surface area contributed by atoms with Gasteiger partial charge in [-0.05, 0) is 219 Å². The van der Waals surface area contributed by atoms with Crippen LogP contribution in [0.25, 0.3) is 0 Å². The average Bonchev–Trinajstić information content (AvgIpc) is 1.52. The molecule has 9 aromatic rings. The van der Waals surface area contributed by atoms with E-state index in [0.29, 0.717) is 89.1 Å². The number of ether oxygens (including phenoxy) is 3. The highest BCUT2D eigenvalue weighted by molar-refractivity contribution is 5.87. The predicted octanol–water partition coefficient (Wildman–Crippen LogP) is 17.7. The number of aromatic nitrogens is 8. The molecule has 0 atom stereocenters. The van der Waals surface area contributed by atoms with Crippen molar-refractivity contribution in [2.75, 3.05) is 94.9 Å². The van der Waals surface area contributed by atoms with Crippen molar-refractivity contribution in [3.63, 3.8) is 0 Å². The average molecular weight is 2050 g/mol. The van der Waals surface area contributed by atoms with Crippen molar-refractivity contribution in [2.24, 2.45) is 29.4 Å². The highest BCUT2D eigenvalue weighted by Gasteiger charge is 2.38. The van der Waals surface area contributed by atoms with Gasteiger partial charge in [-0.3, -0.25) is 50.0 Å². The third-order valence-corrected chi connectivity index (χ3v) is 26.0. The molecule has 6 aliphatic rings. The number of amides is 1. The van der Waals surface area contributed by atoms with Crippen LogP contribution in [0.5, 0.6) is 17.2 Å². The number of carboxylic acid groups (broad SMARTS) is 2. The summed E-state index contributed by atoms with van der Waals surface area (Å²) in [7, 11) is 0. The van der Waals surface area contributed by atoms with Gasteiger partial charge in [0, 0.05) is 126 Å². The molecular weight excluding hydrogens is 1930 g/mol. The van der Waals surface area contributed by atoms with Gasteiger partial charge < -0.3 is 93.1 Å². The van der Waals surface area contributed by atoms with E-state index in [9.17, 15) is 94.4 Å². The Bertz CT molecular complexity index is 5800. The second kappa shape index (κ2) is 53.9. The molecule has 4 saturated carbocycles. The van der Waals surface area contributed by atoms with Gasteiger partial charge in [-0.1, -0.05) is 91.0 Å². The number of carboxylic acids is 2. The van der Waals surface area contributed by atoms with Crippen molar-refractivity contribution in [3.05, 3.63) is 226 Å². The number of nitrogens with two attached hydrogens (primary N) is 1. The number of benzene rings is 5. The summed E-state index contributed by atoms with van der Waals surface area (Å²) < 4.78 is 126. The molecule has 15 rings (SSSR count). The molecule has 14 N–H and O–H groups in total. The lowest BCUT2D eigenvalue weighted by molar-refractivity contribution is -0.384. The maximum atomic E-state index is 12.7. The Morgan fingerprint density at radius 3 is 1.12 bits per heavy atom. The van der Waals surface area contributed by atoms with Crippen LogP contribution in [0.1, 0.15) is 185 Å². The Morgan fingerprint density at radius 1 is 0.411 bits per heavy atom. The summed E-state index contributed by atoms with van der Waals surface area (Å²) in [6.45, 7) is 7.42. The summed E-state index contributed by atoms with van der Waals surface area (Å²) in [5.74, 6) is -0.513. The Hall–Kier alpha value is -14.6. The van der Waals surface area contributed by atoms with Crippen molar-refractivity contribution in [1.82, 2.24) is 60.3 Å². The monoisotopic (exact) mass is 2050 g/mol. The SMILES string of the molecule is NCc1cccc(CNc2ncc([N+](=O)[O-])c(NCC3CCC(N4CCCC4)CC3)n2)c1.O=C(O)CCCNC1CCC(CNc2nc(NCc3ccccc3OC(F)(F)F)ncc2[N+](=O)[O-])CC1.O=C(O)c1ccc(CNC2CCC(CNc3nc(NCc4ccccc4OC(F)(F)F)ncc3[N+](=O)[O-])CC2)cc1.O=C1CCCN1C1CCC(CNc2nc(NCc3ccccc3OC(F)(F)F)ncc2[N+](=O)[O-])CC1. The lowest BCUT2D eigenvalue weighted by atomic mass is 9.85. The summed E-state index contributed by atoms with van der Waals surface area (Å²) in [5, 5.41) is 94.5. The van der Waals surface area contributed by atoms with Crippen LogP contribution < -0.4 is 73.1 Å².